The standard InChI is InChI=1S/C61H107NO3/c1-3-5-7-9-11-13-15-17-19-21-23-25-27-29-30-31-33-34-36-38-40-42-44-46-48-50-52-54-56-60(64)59(58-63)62-61(65)57-55-53-51-49-47-45-43-41-39-37-35-32-28-26-24-22-20-18-16-14-12-10-8-6-4-2/h6,8,12,14,18,20,24,26,32,35,38,40,46,48,54,56,59-60,63-64H,3-5,7,9-11,13,15-17,19,21-23,25,27-31,33-34,36-37,39,41-45,47,49-53,55,57-58H2,1-2H3,(H,62,65)/b8-6-,14-12-,20-18-,26-24-,35-32-,40-38+,48-46+,56-54+. The lowest BCUT2D eigenvalue weighted by molar-refractivity contribution is -0.123. The van der Waals surface area contributed by atoms with E-state index in [2.05, 4.69) is 104 Å². The molecule has 3 N–H and O–H groups in total. The monoisotopic (exact) mass is 902 g/mol. The summed E-state index contributed by atoms with van der Waals surface area (Å²) in [5.74, 6) is -0.0867. The maximum absolute atomic E-state index is 12.5. The molecule has 0 aliphatic rings. The highest BCUT2D eigenvalue weighted by Crippen LogP contribution is 2.16. The zero-order valence-electron chi connectivity index (χ0n) is 43.0. The zero-order chi connectivity index (χ0) is 47.0. The quantitative estimate of drug-likeness (QED) is 0.0421. The Balaban J connectivity index is 3.61. The number of rotatable bonds is 50. The molecule has 0 aromatic rings. The van der Waals surface area contributed by atoms with Gasteiger partial charge in [0.15, 0.2) is 0 Å². The molecule has 1 amide bonds. The van der Waals surface area contributed by atoms with E-state index >= 15 is 0 Å². The van der Waals surface area contributed by atoms with Crippen molar-refractivity contribution in [2.75, 3.05) is 6.61 Å². The van der Waals surface area contributed by atoms with Crippen molar-refractivity contribution in [3.63, 3.8) is 0 Å². The zero-order valence-corrected chi connectivity index (χ0v) is 43.0. The fourth-order valence-electron chi connectivity index (χ4n) is 8.06. The van der Waals surface area contributed by atoms with Gasteiger partial charge in [0.2, 0.25) is 5.91 Å². The minimum Gasteiger partial charge on any atom is -0.394 e. The molecule has 0 heterocycles. The van der Waals surface area contributed by atoms with E-state index < -0.39 is 12.1 Å². The molecule has 2 atom stereocenters. The Morgan fingerprint density at radius 2 is 0.692 bits per heavy atom. The summed E-state index contributed by atoms with van der Waals surface area (Å²) in [6.45, 7) is 4.19. The minimum absolute atomic E-state index is 0.0867. The van der Waals surface area contributed by atoms with Gasteiger partial charge in [0.05, 0.1) is 18.8 Å². The summed E-state index contributed by atoms with van der Waals surface area (Å²) in [5, 5.41) is 23.1. The Hall–Kier alpha value is -2.69. The maximum atomic E-state index is 12.5. The largest absolute Gasteiger partial charge is 0.394 e. The van der Waals surface area contributed by atoms with Gasteiger partial charge in [-0.3, -0.25) is 4.79 Å². The molecule has 0 saturated carbocycles. The van der Waals surface area contributed by atoms with Crippen LogP contribution in [0.1, 0.15) is 264 Å². The Labute approximate surface area is 404 Å². The van der Waals surface area contributed by atoms with E-state index in [9.17, 15) is 15.0 Å². The number of hydrogen-bond donors (Lipinski definition) is 3. The molecule has 0 aromatic carbocycles. The van der Waals surface area contributed by atoms with E-state index in [1.807, 2.05) is 6.08 Å². The predicted octanol–water partition coefficient (Wildman–Crippen LogP) is 18.5. The maximum Gasteiger partial charge on any atom is 0.220 e. The minimum atomic E-state index is -0.880. The van der Waals surface area contributed by atoms with E-state index in [1.165, 1.54) is 167 Å². The van der Waals surface area contributed by atoms with Crippen LogP contribution in [0.4, 0.5) is 0 Å². The lowest BCUT2D eigenvalue weighted by atomic mass is 10.0. The molecule has 374 valence electrons. The average Bonchev–Trinajstić information content (AvgIpc) is 3.31. The van der Waals surface area contributed by atoms with Crippen LogP contribution in [-0.2, 0) is 4.79 Å². The first-order valence-corrected chi connectivity index (χ1v) is 28.0. The van der Waals surface area contributed by atoms with Crippen molar-refractivity contribution in [2.24, 2.45) is 0 Å². The summed E-state index contributed by atoms with van der Waals surface area (Å²) in [7, 11) is 0. The highest BCUT2D eigenvalue weighted by atomic mass is 16.3. The molecule has 0 aliphatic carbocycles. The highest BCUT2D eigenvalue weighted by Gasteiger charge is 2.17. The van der Waals surface area contributed by atoms with Gasteiger partial charge in [0, 0.05) is 6.42 Å². The summed E-state index contributed by atoms with van der Waals surface area (Å²) >= 11 is 0. The second-order valence-corrected chi connectivity index (χ2v) is 18.6. The molecule has 0 bridgehead atoms. The third-order valence-corrected chi connectivity index (χ3v) is 12.3. The first kappa shape index (κ1) is 62.3. The molecule has 65 heavy (non-hydrogen) atoms. The second-order valence-electron chi connectivity index (χ2n) is 18.6. The first-order chi connectivity index (χ1) is 32.2. The van der Waals surface area contributed by atoms with Crippen LogP contribution in [0.3, 0.4) is 0 Å². The number of carbonyl (C=O) groups excluding carboxylic acids is 1. The van der Waals surface area contributed by atoms with Gasteiger partial charge < -0.3 is 15.5 Å². The van der Waals surface area contributed by atoms with Gasteiger partial charge in [0.1, 0.15) is 0 Å². The molecule has 4 nitrogen and oxygen atoms in total. The number of aliphatic hydroxyl groups excluding tert-OH is 2. The van der Waals surface area contributed by atoms with Gasteiger partial charge in [-0.2, -0.15) is 0 Å². The summed E-state index contributed by atoms with van der Waals surface area (Å²) < 4.78 is 0. The molecule has 0 rings (SSSR count). The Kier molecular flexibility index (Phi) is 53.3. The third-order valence-electron chi connectivity index (χ3n) is 12.3. The number of unbranched alkanes of at least 4 members (excludes halogenated alkanes) is 29. The van der Waals surface area contributed by atoms with Crippen LogP contribution >= 0.6 is 0 Å². The van der Waals surface area contributed by atoms with E-state index in [4.69, 9.17) is 0 Å². The predicted molar refractivity (Wildman–Crippen MR) is 290 cm³/mol. The van der Waals surface area contributed by atoms with Gasteiger partial charge in [-0.1, -0.05) is 265 Å². The number of hydrogen-bond acceptors (Lipinski definition) is 3. The van der Waals surface area contributed by atoms with Crippen molar-refractivity contribution in [1.82, 2.24) is 5.32 Å². The Bertz CT molecular complexity index is 1210. The van der Waals surface area contributed by atoms with Crippen molar-refractivity contribution in [3.05, 3.63) is 97.2 Å². The van der Waals surface area contributed by atoms with E-state index in [0.717, 1.165) is 77.0 Å². The van der Waals surface area contributed by atoms with Crippen LogP contribution in [0.15, 0.2) is 97.2 Å². The fraction of sp³-hybridized carbons (Fsp3) is 0.721. The summed E-state index contributed by atoms with van der Waals surface area (Å²) in [6.07, 6.45) is 82.8. The molecular formula is C61H107NO3. The molecule has 0 saturated heterocycles. The topological polar surface area (TPSA) is 69.6 Å². The van der Waals surface area contributed by atoms with Crippen molar-refractivity contribution in [1.29, 1.82) is 0 Å². The van der Waals surface area contributed by atoms with Gasteiger partial charge in [-0.15, -0.1) is 0 Å². The van der Waals surface area contributed by atoms with Crippen molar-refractivity contribution in [2.45, 2.75) is 276 Å². The highest BCUT2D eigenvalue weighted by molar-refractivity contribution is 5.76. The van der Waals surface area contributed by atoms with Crippen LogP contribution in [-0.4, -0.2) is 34.9 Å². The number of amides is 1. The van der Waals surface area contributed by atoms with E-state index in [-0.39, 0.29) is 12.5 Å². The van der Waals surface area contributed by atoms with Gasteiger partial charge >= 0.3 is 0 Å². The molecule has 0 fully saturated rings. The van der Waals surface area contributed by atoms with Gasteiger partial charge in [0.25, 0.3) is 0 Å². The van der Waals surface area contributed by atoms with Crippen LogP contribution in [0.25, 0.3) is 0 Å². The summed E-state index contributed by atoms with van der Waals surface area (Å²) in [5.41, 5.74) is 0. The third kappa shape index (κ3) is 52.1. The lowest BCUT2D eigenvalue weighted by Crippen LogP contribution is -2.45. The smallest absolute Gasteiger partial charge is 0.220 e. The van der Waals surface area contributed by atoms with Crippen LogP contribution in [0.5, 0.6) is 0 Å². The first-order valence-electron chi connectivity index (χ1n) is 28.0. The second kappa shape index (κ2) is 55.6. The normalized spacial score (nSPS) is 13.6. The van der Waals surface area contributed by atoms with E-state index in [0.29, 0.717) is 6.42 Å². The Morgan fingerprint density at radius 1 is 0.385 bits per heavy atom. The molecule has 0 aromatic heterocycles. The Morgan fingerprint density at radius 3 is 1.08 bits per heavy atom. The number of aliphatic hydroxyl groups is 2. The van der Waals surface area contributed by atoms with E-state index in [1.54, 1.807) is 6.08 Å². The van der Waals surface area contributed by atoms with Crippen molar-refractivity contribution in [3.8, 4) is 0 Å². The van der Waals surface area contributed by atoms with Crippen LogP contribution < -0.4 is 5.32 Å². The van der Waals surface area contributed by atoms with Gasteiger partial charge in [-0.25, -0.2) is 0 Å². The van der Waals surface area contributed by atoms with Gasteiger partial charge in [-0.05, 0) is 89.9 Å². The average molecular weight is 903 g/mol. The molecule has 0 spiro atoms. The SMILES string of the molecule is CC/C=C\C/C=C\C/C=C\C/C=C\C/C=C\CCCCCCCCCCCC(=O)NC(CO)C(O)/C=C/CC/C=C/CC/C=C/CCCCCCCCCCCCCCCCCCCC. The van der Waals surface area contributed by atoms with Crippen LogP contribution in [0, 0.1) is 0 Å². The number of nitrogens with one attached hydrogen (secondary N) is 1. The van der Waals surface area contributed by atoms with Crippen molar-refractivity contribution < 1.29 is 15.0 Å². The fourth-order valence-corrected chi connectivity index (χ4v) is 8.06. The molecule has 0 radical (unpaired) electrons. The molecule has 4 heteroatoms. The molecule has 0 aliphatic heterocycles. The lowest BCUT2D eigenvalue weighted by Gasteiger charge is -2.19. The van der Waals surface area contributed by atoms with Crippen molar-refractivity contribution >= 4 is 5.91 Å². The number of carbonyl (C=O) groups is 1. The number of allylic oxidation sites excluding steroid dienone is 15. The van der Waals surface area contributed by atoms with Crippen LogP contribution in [0.2, 0.25) is 0 Å². The molecular weight excluding hydrogens is 795 g/mol. The summed E-state index contributed by atoms with van der Waals surface area (Å²) in [6, 6.07) is -0.657. The molecule has 2 unspecified atom stereocenters. The summed E-state index contributed by atoms with van der Waals surface area (Å²) in [4.78, 5) is 12.5.